The van der Waals surface area contributed by atoms with Crippen molar-refractivity contribution in [3.63, 3.8) is 0 Å². The van der Waals surface area contributed by atoms with Crippen molar-refractivity contribution >= 4 is 27.3 Å². The van der Waals surface area contributed by atoms with E-state index in [1.807, 2.05) is 0 Å². The molecule has 0 aliphatic carbocycles. The fraction of sp³-hybridized carbons (Fsp3) is 0.538. The van der Waals surface area contributed by atoms with Crippen LogP contribution in [0, 0.1) is 6.92 Å². The second-order valence-corrected chi connectivity index (χ2v) is 7.36. The summed E-state index contributed by atoms with van der Waals surface area (Å²) in [5.74, 6) is 1.38. The Hall–Kier alpha value is -0.760. The second kappa shape index (κ2) is 5.93. The summed E-state index contributed by atoms with van der Waals surface area (Å²) >= 11 is 5.15. The molecular weight excluding hydrogens is 340 g/mol. The molecule has 2 aromatic heterocycles. The maximum atomic E-state index is 5.42. The zero-order valence-corrected chi connectivity index (χ0v) is 13.9. The highest BCUT2D eigenvalue weighted by molar-refractivity contribution is 9.11. The van der Waals surface area contributed by atoms with Gasteiger partial charge in [-0.3, -0.25) is 4.90 Å². The first-order valence-electron chi connectivity index (χ1n) is 6.70. The maximum absolute atomic E-state index is 5.42. The first-order valence-corrected chi connectivity index (χ1v) is 8.31. The lowest BCUT2D eigenvalue weighted by atomic mass is 10.2. The molecule has 0 radical (unpaired) electrons. The standard InChI is InChI=1S/C13H17BrN4OS/c1-8-7-10(20-11(8)14)13-16-12(17-19-13)9(2)18-5-3-15-4-6-18/h7,9,15H,3-6H2,1-2H3. The van der Waals surface area contributed by atoms with Crippen molar-refractivity contribution in [1.82, 2.24) is 20.4 Å². The maximum Gasteiger partial charge on any atom is 0.268 e. The molecule has 5 nitrogen and oxygen atoms in total. The van der Waals surface area contributed by atoms with Crippen LogP contribution >= 0.6 is 27.3 Å². The van der Waals surface area contributed by atoms with E-state index in [4.69, 9.17) is 4.52 Å². The zero-order chi connectivity index (χ0) is 14.1. The summed E-state index contributed by atoms with van der Waals surface area (Å²) in [4.78, 5) is 7.95. The van der Waals surface area contributed by atoms with Crippen LogP contribution in [0.25, 0.3) is 10.8 Å². The summed E-state index contributed by atoms with van der Waals surface area (Å²) in [7, 11) is 0. The van der Waals surface area contributed by atoms with E-state index in [0.717, 1.165) is 40.7 Å². The minimum Gasteiger partial charge on any atom is -0.333 e. The molecular formula is C13H17BrN4OS. The smallest absolute Gasteiger partial charge is 0.268 e. The van der Waals surface area contributed by atoms with Crippen molar-refractivity contribution in [3.05, 3.63) is 21.2 Å². The molecule has 1 N–H and O–H groups in total. The van der Waals surface area contributed by atoms with E-state index < -0.39 is 0 Å². The molecule has 0 aromatic carbocycles. The van der Waals surface area contributed by atoms with Crippen molar-refractivity contribution in [2.75, 3.05) is 26.2 Å². The SMILES string of the molecule is Cc1cc(-c2nc(C(C)N3CCNCC3)no2)sc1Br. The van der Waals surface area contributed by atoms with E-state index >= 15 is 0 Å². The zero-order valence-electron chi connectivity index (χ0n) is 11.5. The third-order valence-corrected chi connectivity index (χ3v) is 5.71. The largest absolute Gasteiger partial charge is 0.333 e. The van der Waals surface area contributed by atoms with Gasteiger partial charge in [-0.25, -0.2) is 0 Å². The first-order chi connectivity index (χ1) is 9.65. The number of aryl methyl sites for hydroxylation is 1. The van der Waals surface area contributed by atoms with E-state index in [0.29, 0.717) is 5.89 Å². The van der Waals surface area contributed by atoms with Gasteiger partial charge in [0.25, 0.3) is 5.89 Å². The van der Waals surface area contributed by atoms with Crippen LogP contribution in [0.4, 0.5) is 0 Å². The number of nitrogens with one attached hydrogen (secondary N) is 1. The van der Waals surface area contributed by atoms with Gasteiger partial charge in [0.1, 0.15) is 0 Å². The number of hydrogen-bond acceptors (Lipinski definition) is 6. The molecule has 1 aliphatic rings. The monoisotopic (exact) mass is 356 g/mol. The van der Waals surface area contributed by atoms with Crippen molar-refractivity contribution < 1.29 is 4.52 Å². The van der Waals surface area contributed by atoms with Gasteiger partial charge in [0, 0.05) is 26.2 Å². The predicted molar refractivity (Wildman–Crippen MR) is 82.9 cm³/mol. The highest BCUT2D eigenvalue weighted by atomic mass is 79.9. The molecule has 7 heteroatoms. The molecule has 0 saturated carbocycles. The summed E-state index contributed by atoms with van der Waals surface area (Å²) in [5.41, 5.74) is 1.19. The van der Waals surface area contributed by atoms with Crippen molar-refractivity contribution in [2.45, 2.75) is 19.9 Å². The fourth-order valence-corrected chi connectivity index (χ4v) is 3.76. The third kappa shape index (κ3) is 2.81. The van der Waals surface area contributed by atoms with Crippen LogP contribution in [0.1, 0.15) is 24.4 Å². The summed E-state index contributed by atoms with van der Waals surface area (Å²) in [5, 5.41) is 7.50. The number of hydrogen-bond donors (Lipinski definition) is 1. The molecule has 2 aromatic rings. The van der Waals surface area contributed by atoms with Crippen molar-refractivity contribution in [2.24, 2.45) is 0 Å². The van der Waals surface area contributed by atoms with E-state index in [1.165, 1.54) is 5.56 Å². The molecule has 1 atom stereocenters. The van der Waals surface area contributed by atoms with Crippen molar-refractivity contribution in [3.8, 4) is 10.8 Å². The lowest BCUT2D eigenvalue weighted by Gasteiger charge is -2.30. The summed E-state index contributed by atoms with van der Waals surface area (Å²) in [6.45, 7) is 8.28. The van der Waals surface area contributed by atoms with Crippen LogP contribution in [0.3, 0.4) is 0 Å². The number of halogens is 1. The fourth-order valence-electron chi connectivity index (χ4n) is 2.30. The lowest BCUT2D eigenvalue weighted by Crippen LogP contribution is -2.44. The highest BCUT2D eigenvalue weighted by Crippen LogP contribution is 2.34. The number of aromatic nitrogens is 2. The van der Waals surface area contributed by atoms with E-state index in [-0.39, 0.29) is 6.04 Å². The van der Waals surface area contributed by atoms with Crippen LogP contribution in [-0.4, -0.2) is 41.2 Å². The Morgan fingerprint density at radius 2 is 2.20 bits per heavy atom. The summed E-state index contributed by atoms with van der Waals surface area (Å²) in [6.07, 6.45) is 0. The summed E-state index contributed by atoms with van der Waals surface area (Å²) in [6, 6.07) is 2.26. The molecule has 108 valence electrons. The number of piperazine rings is 1. The van der Waals surface area contributed by atoms with Crippen LogP contribution in [-0.2, 0) is 0 Å². The van der Waals surface area contributed by atoms with Gasteiger partial charge in [0.05, 0.1) is 14.7 Å². The van der Waals surface area contributed by atoms with Gasteiger partial charge in [0.15, 0.2) is 5.82 Å². The minimum atomic E-state index is 0.194. The quantitative estimate of drug-likeness (QED) is 0.916. The molecule has 1 saturated heterocycles. The normalized spacial score (nSPS) is 18.4. The van der Waals surface area contributed by atoms with Crippen LogP contribution in [0.5, 0.6) is 0 Å². The number of thiophene rings is 1. The molecule has 0 amide bonds. The summed E-state index contributed by atoms with van der Waals surface area (Å²) < 4.78 is 6.53. The van der Waals surface area contributed by atoms with Gasteiger partial charge in [-0.15, -0.1) is 11.3 Å². The average Bonchev–Trinajstić information content (AvgIpc) is 3.07. The highest BCUT2D eigenvalue weighted by Gasteiger charge is 2.23. The molecule has 20 heavy (non-hydrogen) atoms. The Kier molecular flexibility index (Phi) is 4.21. The van der Waals surface area contributed by atoms with Gasteiger partial charge < -0.3 is 9.84 Å². The Morgan fingerprint density at radius 3 is 2.85 bits per heavy atom. The van der Waals surface area contributed by atoms with E-state index in [2.05, 4.69) is 56.2 Å². The molecule has 1 aliphatic heterocycles. The van der Waals surface area contributed by atoms with Crippen LogP contribution in [0.2, 0.25) is 0 Å². The average molecular weight is 357 g/mol. The molecule has 3 heterocycles. The topological polar surface area (TPSA) is 54.2 Å². The second-order valence-electron chi connectivity index (χ2n) is 4.99. The third-order valence-electron chi connectivity index (χ3n) is 3.58. The molecule has 1 fully saturated rings. The Labute approximate surface area is 130 Å². The Balaban J connectivity index is 1.79. The van der Waals surface area contributed by atoms with Gasteiger partial charge in [-0.2, -0.15) is 4.98 Å². The molecule has 1 unspecified atom stereocenters. The van der Waals surface area contributed by atoms with Crippen LogP contribution < -0.4 is 5.32 Å². The van der Waals surface area contributed by atoms with Gasteiger partial charge in [-0.05, 0) is 41.4 Å². The van der Waals surface area contributed by atoms with E-state index in [1.54, 1.807) is 11.3 Å². The van der Waals surface area contributed by atoms with Gasteiger partial charge in [0.2, 0.25) is 0 Å². The van der Waals surface area contributed by atoms with Gasteiger partial charge in [-0.1, -0.05) is 5.16 Å². The van der Waals surface area contributed by atoms with Crippen LogP contribution in [0.15, 0.2) is 14.4 Å². The van der Waals surface area contributed by atoms with Gasteiger partial charge >= 0.3 is 0 Å². The predicted octanol–water partition coefficient (Wildman–Crippen LogP) is 2.84. The molecule has 0 spiro atoms. The lowest BCUT2D eigenvalue weighted by molar-refractivity contribution is 0.176. The first kappa shape index (κ1) is 14.2. The molecule has 3 rings (SSSR count). The molecule has 0 bridgehead atoms. The number of rotatable bonds is 3. The number of nitrogens with zero attached hydrogens (tertiary/aromatic N) is 3. The Bertz CT molecular complexity index is 571. The minimum absolute atomic E-state index is 0.194. The Morgan fingerprint density at radius 1 is 1.45 bits per heavy atom. The van der Waals surface area contributed by atoms with E-state index in [9.17, 15) is 0 Å². The van der Waals surface area contributed by atoms with Crippen molar-refractivity contribution in [1.29, 1.82) is 0 Å².